The van der Waals surface area contributed by atoms with Gasteiger partial charge in [0.05, 0.1) is 0 Å². The molecule has 1 aromatic carbocycles. The first kappa shape index (κ1) is 15.0. The molecule has 0 unspecified atom stereocenters. The highest BCUT2D eigenvalue weighted by atomic mass is 16.3. The van der Waals surface area contributed by atoms with Crippen molar-refractivity contribution >= 4 is 0 Å². The van der Waals surface area contributed by atoms with E-state index < -0.39 is 0 Å². The second kappa shape index (κ2) is 6.76. The van der Waals surface area contributed by atoms with Gasteiger partial charge in [-0.25, -0.2) is 0 Å². The van der Waals surface area contributed by atoms with E-state index in [-0.39, 0.29) is 0 Å². The molecule has 0 saturated heterocycles. The van der Waals surface area contributed by atoms with Crippen LogP contribution >= 0.6 is 0 Å². The summed E-state index contributed by atoms with van der Waals surface area (Å²) in [5.74, 6) is 0.459. The van der Waals surface area contributed by atoms with Gasteiger partial charge in [-0.05, 0) is 34.1 Å². The summed E-state index contributed by atoms with van der Waals surface area (Å²) >= 11 is 0. The van der Waals surface area contributed by atoms with E-state index in [2.05, 4.69) is 42.7 Å². The summed E-state index contributed by atoms with van der Waals surface area (Å²) in [4.78, 5) is 4.39. The number of aromatic hydroxyl groups is 1. The molecule has 3 nitrogen and oxygen atoms in total. The summed E-state index contributed by atoms with van der Waals surface area (Å²) in [5, 5.41) is 10.3. The van der Waals surface area contributed by atoms with Gasteiger partial charge in [-0.3, -0.25) is 4.90 Å². The third-order valence-corrected chi connectivity index (χ3v) is 3.19. The monoisotopic (exact) mass is 250 g/mol. The second-order valence-corrected chi connectivity index (χ2v) is 5.13. The van der Waals surface area contributed by atoms with E-state index in [1.54, 1.807) is 0 Å². The predicted octanol–water partition coefficient (Wildman–Crippen LogP) is 2.60. The number of aryl methyl sites for hydroxylation is 1. The van der Waals surface area contributed by atoms with E-state index in [4.69, 9.17) is 0 Å². The zero-order valence-electron chi connectivity index (χ0n) is 12.3. The average Bonchev–Trinajstić information content (AvgIpc) is 2.30. The van der Waals surface area contributed by atoms with Crippen LogP contribution in [0.15, 0.2) is 12.1 Å². The third-order valence-electron chi connectivity index (χ3n) is 3.19. The molecule has 0 bridgehead atoms. The topological polar surface area (TPSA) is 26.7 Å². The Morgan fingerprint density at radius 3 is 1.94 bits per heavy atom. The van der Waals surface area contributed by atoms with E-state index in [9.17, 15) is 5.11 Å². The van der Waals surface area contributed by atoms with Crippen LogP contribution in [0.5, 0.6) is 5.75 Å². The van der Waals surface area contributed by atoms with Crippen molar-refractivity contribution < 1.29 is 5.11 Å². The quantitative estimate of drug-likeness (QED) is 0.840. The molecule has 0 aliphatic heterocycles. The maximum absolute atomic E-state index is 10.3. The number of rotatable bonds is 6. The minimum atomic E-state index is 0.459. The van der Waals surface area contributed by atoms with Crippen LogP contribution in [0, 0.1) is 6.92 Å². The van der Waals surface area contributed by atoms with Crippen molar-refractivity contribution in [1.82, 2.24) is 9.80 Å². The summed E-state index contributed by atoms with van der Waals surface area (Å²) in [6.45, 7) is 10.00. The molecule has 0 atom stereocenters. The summed E-state index contributed by atoms with van der Waals surface area (Å²) in [7, 11) is 4.04. The van der Waals surface area contributed by atoms with Gasteiger partial charge in [0.15, 0.2) is 0 Å². The molecule has 0 aliphatic carbocycles. The molecule has 18 heavy (non-hydrogen) atoms. The number of phenolic OH excluding ortho intramolecular Hbond substituents is 1. The normalized spacial score (nSPS) is 11.5. The maximum Gasteiger partial charge on any atom is 0.124 e. The van der Waals surface area contributed by atoms with E-state index in [1.165, 1.54) is 5.56 Å². The third kappa shape index (κ3) is 4.00. The Morgan fingerprint density at radius 2 is 1.50 bits per heavy atom. The lowest BCUT2D eigenvalue weighted by molar-refractivity contribution is 0.289. The molecule has 0 aliphatic rings. The molecule has 1 rings (SSSR count). The largest absolute Gasteiger partial charge is 0.507 e. The van der Waals surface area contributed by atoms with E-state index in [0.29, 0.717) is 5.75 Å². The zero-order valence-corrected chi connectivity index (χ0v) is 12.3. The van der Waals surface area contributed by atoms with Gasteiger partial charge in [0, 0.05) is 24.2 Å². The molecular weight excluding hydrogens is 224 g/mol. The van der Waals surface area contributed by atoms with Gasteiger partial charge >= 0.3 is 0 Å². The smallest absolute Gasteiger partial charge is 0.124 e. The van der Waals surface area contributed by atoms with Crippen molar-refractivity contribution in [3.05, 3.63) is 28.8 Å². The average molecular weight is 250 g/mol. The Morgan fingerprint density at radius 1 is 1.00 bits per heavy atom. The van der Waals surface area contributed by atoms with Gasteiger partial charge < -0.3 is 10.0 Å². The number of phenols is 1. The van der Waals surface area contributed by atoms with Crippen molar-refractivity contribution in [3.63, 3.8) is 0 Å². The van der Waals surface area contributed by atoms with Crippen LogP contribution in [-0.2, 0) is 13.1 Å². The van der Waals surface area contributed by atoms with Gasteiger partial charge in [0.1, 0.15) is 5.75 Å². The standard InChI is InChI=1S/C15H26N2O/c1-6-17(7-2)11-14-9-12(3)8-13(15(14)18)10-16(4)5/h8-9,18H,6-7,10-11H2,1-5H3. The highest BCUT2D eigenvalue weighted by Gasteiger charge is 2.11. The van der Waals surface area contributed by atoms with Crippen LogP contribution in [0.1, 0.15) is 30.5 Å². The van der Waals surface area contributed by atoms with E-state index in [0.717, 1.165) is 37.3 Å². The fraction of sp³-hybridized carbons (Fsp3) is 0.600. The Labute approximate surface area is 111 Å². The molecule has 0 radical (unpaired) electrons. The lowest BCUT2D eigenvalue weighted by Crippen LogP contribution is -2.22. The molecule has 3 heteroatoms. The van der Waals surface area contributed by atoms with Crippen molar-refractivity contribution in [2.45, 2.75) is 33.9 Å². The van der Waals surface area contributed by atoms with Crippen LogP contribution in [0.25, 0.3) is 0 Å². The Balaban J connectivity index is 3.00. The molecule has 0 heterocycles. The predicted molar refractivity (Wildman–Crippen MR) is 76.9 cm³/mol. The first-order valence-electron chi connectivity index (χ1n) is 6.66. The molecule has 0 amide bonds. The van der Waals surface area contributed by atoms with Crippen molar-refractivity contribution in [3.8, 4) is 5.75 Å². The minimum absolute atomic E-state index is 0.459. The number of hydrogen-bond donors (Lipinski definition) is 1. The molecule has 0 saturated carbocycles. The molecule has 0 fully saturated rings. The summed E-state index contributed by atoms with van der Waals surface area (Å²) in [6.07, 6.45) is 0. The van der Waals surface area contributed by atoms with Crippen LogP contribution in [0.2, 0.25) is 0 Å². The van der Waals surface area contributed by atoms with E-state index >= 15 is 0 Å². The second-order valence-electron chi connectivity index (χ2n) is 5.13. The summed E-state index contributed by atoms with van der Waals surface area (Å²) in [5.41, 5.74) is 3.27. The van der Waals surface area contributed by atoms with Gasteiger partial charge in [-0.15, -0.1) is 0 Å². The number of nitrogens with zero attached hydrogens (tertiary/aromatic N) is 2. The highest BCUT2D eigenvalue weighted by molar-refractivity contribution is 5.43. The van der Waals surface area contributed by atoms with Gasteiger partial charge in [0.25, 0.3) is 0 Å². The Hall–Kier alpha value is -1.06. The first-order chi connectivity index (χ1) is 8.47. The summed E-state index contributed by atoms with van der Waals surface area (Å²) in [6, 6.07) is 4.16. The van der Waals surface area contributed by atoms with Crippen LogP contribution < -0.4 is 0 Å². The van der Waals surface area contributed by atoms with Crippen molar-refractivity contribution in [2.24, 2.45) is 0 Å². The van der Waals surface area contributed by atoms with Crippen molar-refractivity contribution in [2.75, 3.05) is 27.2 Å². The number of benzene rings is 1. The lowest BCUT2D eigenvalue weighted by atomic mass is 10.0. The molecule has 102 valence electrons. The maximum atomic E-state index is 10.3. The van der Waals surface area contributed by atoms with Gasteiger partial charge in [-0.2, -0.15) is 0 Å². The molecular formula is C15H26N2O. The van der Waals surface area contributed by atoms with Gasteiger partial charge in [0.2, 0.25) is 0 Å². The SMILES string of the molecule is CCN(CC)Cc1cc(C)cc(CN(C)C)c1O. The molecule has 1 aromatic rings. The molecule has 0 spiro atoms. The fourth-order valence-corrected chi connectivity index (χ4v) is 2.20. The van der Waals surface area contributed by atoms with Crippen LogP contribution in [-0.4, -0.2) is 42.1 Å². The van der Waals surface area contributed by atoms with Gasteiger partial charge in [-0.1, -0.05) is 31.5 Å². The Kier molecular flexibility index (Phi) is 5.63. The van der Waals surface area contributed by atoms with Crippen molar-refractivity contribution in [1.29, 1.82) is 0 Å². The zero-order chi connectivity index (χ0) is 13.7. The first-order valence-corrected chi connectivity index (χ1v) is 6.66. The summed E-state index contributed by atoms with van der Waals surface area (Å²) < 4.78 is 0. The number of hydrogen-bond acceptors (Lipinski definition) is 3. The van der Waals surface area contributed by atoms with Crippen LogP contribution in [0.3, 0.4) is 0 Å². The minimum Gasteiger partial charge on any atom is -0.507 e. The van der Waals surface area contributed by atoms with E-state index in [1.807, 2.05) is 14.1 Å². The van der Waals surface area contributed by atoms with Crippen LogP contribution in [0.4, 0.5) is 0 Å². The highest BCUT2D eigenvalue weighted by Crippen LogP contribution is 2.26. The Bertz CT molecular complexity index is 384. The molecule has 1 N–H and O–H groups in total. The molecule has 0 aromatic heterocycles. The lowest BCUT2D eigenvalue weighted by Gasteiger charge is -2.21. The fourth-order valence-electron chi connectivity index (χ4n) is 2.20.